The predicted molar refractivity (Wildman–Crippen MR) is 78.8 cm³/mol. The molecule has 1 aromatic rings. The molecule has 0 radical (unpaired) electrons. The van der Waals surface area contributed by atoms with Crippen LogP contribution < -0.4 is 0 Å². The van der Waals surface area contributed by atoms with E-state index in [0.717, 1.165) is 6.42 Å². The fourth-order valence-electron chi connectivity index (χ4n) is 1.80. The van der Waals surface area contributed by atoms with Gasteiger partial charge in [-0.1, -0.05) is 6.07 Å². The molecule has 2 unspecified atom stereocenters. The highest BCUT2D eigenvalue weighted by Crippen LogP contribution is 2.13. The Morgan fingerprint density at radius 3 is 2.84 bits per heavy atom. The molecule has 1 rings (SSSR count). The molecule has 4 nitrogen and oxygen atoms in total. The number of aliphatic hydroxyl groups is 1. The van der Waals surface area contributed by atoms with E-state index in [4.69, 9.17) is 9.47 Å². The van der Waals surface area contributed by atoms with E-state index < -0.39 is 6.10 Å². The molecule has 0 spiro atoms. The summed E-state index contributed by atoms with van der Waals surface area (Å²) < 4.78 is 10.2. The van der Waals surface area contributed by atoms with Gasteiger partial charge in [-0.05, 0) is 31.8 Å². The highest BCUT2D eigenvalue weighted by molar-refractivity contribution is 7.09. The fraction of sp³-hybridized carbons (Fsp3) is 0.714. The first kappa shape index (κ1) is 16.6. The molecular formula is C14H25NO3S. The Morgan fingerprint density at radius 2 is 2.21 bits per heavy atom. The van der Waals surface area contributed by atoms with E-state index in [-0.39, 0.29) is 0 Å². The fourth-order valence-corrected chi connectivity index (χ4v) is 2.63. The summed E-state index contributed by atoms with van der Waals surface area (Å²) in [5, 5.41) is 12.0. The topological polar surface area (TPSA) is 41.9 Å². The summed E-state index contributed by atoms with van der Waals surface area (Å²) in [5.74, 6) is 0. The lowest BCUT2D eigenvalue weighted by Crippen LogP contribution is -2.38. The SMILES string of the molecule is COCCOCC(O)CN(C)C(C)Cc1cccs1. The molecule has 19 heavy (non-hydrogen) atoms. The minimum Gasteiger partial charge on any atom is -0.389 e. The van der Waals surface area contributed by atoms with Gasteiger partial charge in [0.15, 0.2) is 0 Å². The number of hydrogen-bond acceptors (Lipinski definition) is 5. The second kappa shape index (κ2) is 9.44. The van der Waals surface area contributed by atoms with Gasteiger partial charge in [-0.15, -0.1) is 11.3 Å². The van der Waals surface area contributed by atoms with Gasteiger partial charge in [0.1, 0.15) is 0 Å². The van der Waals surface area contributed by atoms with E-state index in [9.17, 15) is 5.11 Å². The Morgan fingerprint density at radius 1 is 1.42 bits per heavy atom. The molecule has 0 saturated heterocycles. The lowest BCUT2D eigenvalue weighted by atomic mass is 10.1. The van der Waals surface area contributed by atoms with Crippen molar-refractivity contribution in [3.63, 3.8) is 0 Å². The smallest absolute Gasteiger partial charge is 0.0900 e. The first-order valence-corrected chi connectivity index (χ1v) is 7.48. The molecule has 1 aromatic heterocycles. The van der Waals surface area contributed by atoms with Gasteiger partial charge in [0, 0.05) is 24.6 Å². The van der Waals surface area contributed by atoms with Gasteiger partial charge >= 0.3 is 0 Å². The van der Waals surface area contributed by atoms with Gasteiger partial charge in [-0.2, -0.15) is 0 Å². The van der Waals surface area contributed by atoms with Crippen molar-refractivity contribution in [1.29, 1.82) is 0 Å². The van der Waals surface area contributed by atoms with Crippen LogP contribution in [0.25, 0.3) is 0 Å². The Hall–Kier alpha value is -0.460. The van der Waals surface area contributed by atoms with E-state index in [0.29, 0.717) is 32.4 Å². The molecule has 1 N–H and O–H groups in total. The number of rotatable bonds is 10. The first-order valence-electron chi connectivity index (χ1n) is 6.60. The summed E-state index contributed by atoms with van der Waals surface area (Å²) >= 11 is 1.78. The molecule has 110 valence electrons. The Labute approximate surface area is 120 Å². The van der Waals surface area contributed by atoms with E-state index in [2.05, 4.69) is 29.3 Å². The Kier molecular flexibility index (Phi) is 8.25. The molecule has 0 amide bonds. The van der Waals surface area contributed by atoms with Crippen molar-refractivity contribution in [2.24, 2.45) is 0 Å². The molecule has 0 aromatic carbocycles. The van der Waals surface area contributed by atoms with E-state index >= 15 is 0 Å². The summed E-state index contributed by atoms with van der Waals surface area (Å²) in [7, 11) is 3.68. The van der Waals surface area contributed by atoms with Crippen LogP contribution in [0.5, 0.6) is 0 Å². The average Bonchev–Trinajstić information content (AvgIpc) is 2.87. The number of methoxy groups -OCH3 is 1. The van der Waals surface area contributed by atoms with Crippen LogP contribution in [0.2, 0.25) is 0 Å². The molecule has 0 aliphatic rings. The van der Waals surface area contributed by atoms with Crippen LogP contribution in [-0.4, -0.2) is 62.7 Å². The van der Waals surface area contributed by atoms with Crippen molar-refractivity contribution in [3.8, 4) is 0 Å². The quantitative estimate of drug-likeness (QED) is 0.664. The van der Waals surface area contributed by atoms with E-state index in [1.807, 2.05) is 7.05 Å². The van der Waals surface area contributed by atoms with Crippen molar-refractivity contribution in [2.45, 2.75) is 25.5 Å². The lowest BCUT2D eigenvalue weighted by Gasteiger charge is -2.26. The minimum atomic E-state index is -0.451. The zero-order valence-electron chi connectivity index (χ0n) is 12.0. The maximum atomic E-state index is 9.89. The second-order valence-corrected chi connectivity index (χ2v) is 5.83. The maximum Gasteiger partial charge on any atom is 0.0900 e. The van der Waals surface area contributed by atoms with Crippen LogP contribution in [0.1, 0.15) is 11.8 Å². The second-order valence-electron chi connectivity index (χ2n) is 4.79. The zero-order chi connectivity index (χ0) is 14.1. The third-order valence-corrected chi connectivity index (χ3v) is 3.97. The van der Waals surface area contributed by atoms with Crippen molar-refractivity contribution >= 4 is 11.3 Å². The largest absolute Gasteiger partial charge is 0.389 e. The lowest BCUT2D eigenvalue weighted by molar-refractivity contribution is -0.00139. The standard InChI is InChI=1S/C14H25NO3S/c1-12(9-14-5-4-8-19-14)15(2)10-13(16)11-18-7-6-17-3/h4-5,8,12-13,16H,6-7,9-11H2,1-3H3. The van der Waals surface area contributed by atoms with Gasteiger partial charge in [-0.25, -0.2) is 0 Å². The predicted octanol–water partition coefficient (Wildman–Crippen LogP) is 1.63. The maximum absolute atomic E-state index is 9.89. The summed E-state index contributed by atoms with van der Waals surface area (Å²) in [4.78, 5) is 3.55. The average molecular weight is 287 g/mol. The van der Waals surface area contributed by atoms with Crippen molar-refractivity contribution in [2.75, 3.05) is 40.5 Å². The first-order chi connectivity index (χ1) is 9.13. The van der Waals surface area contributed by atoms with Crippen LogP contribution in [0, 0.1) is 0 Å². The monoisotopic (exact) mass is 287 g/mol. The van der Waals surface area contributed by atoms with E-state index in [1.165, 1.54) is 4.88 Å². The van der Waals surface area contributed by atoms with Crippen LogP contribution >= 0.6 is 11.3 Å². The van der Waals surface area contributed by atoms with Gasteiger partial charge in [0.25, 0.3) is 0 Å². The van der Waals surface area contributed by atoms with Gasteiger partial charge in [0.05, 0.1) is 25.9 Å². The zero-order valence-corrected chi connectivity index (χ0v) is 12.9. The van der Waals surface area contributed by atoms with Crippen molar-refractivity contribution in [1.82, 2.24) is 4.90 Å². The van der Waals surface area contributed by atoms with Crippen LogP contribution in [-0.2, 0) is 15.9 Å². The molecule has 0 aliphatic carbocycles. The summed E-state index contributed by atoms with van der Waals surface area (Å²) in [6.07, 6.45) is 0.568. The van der Waals surface area contributed by atoms with Crippen LogP contribution in [0.3, 0.4) is 0 Å². The molecule has 0 bridgehead atoms. The number of nitrogens with zero attached hydrogens (tertiary/aromatic N) is 1. The molecule has 0 fully saturated rings. The molecule has 0 aliphatic heterocycles. The minimum absolute atomic E-state index is 0.361. The number of ether oxygens (including phenoxy) is 2. The molecular weight excluding hydrogens is 262 g/mol. The van der Waals surface area contributed by atoms with Crippen molar-refractivity contribution < 1.29 is 14.6 Å². The number of likely N-dealkylation sites (N-methyl/N-ethyl adjacent to an activating group) is 1. The summed E-state index contributed by atoms with van der Waals surface area (Å²) in [5.41, 5.74) is 0. The summed E-state index contributed by atoms with van der Waals surface area (Å²) in [6.45, 7) is 4.26. The third kappa shape index (κ3) is 7.03. The molecule has 5 heteroatoms. The number of hydrogen-bond donors (Lipinski definition) is 1. The van der Waals surface area contributed by atoms with E-state index in [1.54, 1.807) is 18.4 Å². The van der Waals surface area contributed by atoms with Gasteiger partial charge < -0.3 is 19.5 Å². The summed E-state index contributed by atoms with van der Waals surface area (Å²) in [6, 6.07) is 4.64. The van der Waals surface area contributed by atoms with Crippen molar-refractivity contribution in [3.05, 3.63) is 22.4 Å². The van der Waals surface area contributed by atoms with Gasteiger partial charge in [-0.3, -0.25) is 0 Å². The number of aliphatic hydroxyl groups excluding tert-OH is 1. The third-order valence-electron chi connectivity index (χ3n) is 3.07. The highest BCUT2D eigenvalue weighted by atomic mass is 32.1. The van der Waals surface area contributed by atoms with Crippen LogP contribution in [0.4, 0.5) is 0 Å². The highest BCUT2D eigenvalue weighted by Gasteiger charge is 2.14. The normalized spacial score (nSPS) is 14.8. The van der Waals surface area contributed by atoms with Gasteiger partial charge in [0.2, 0.25) is 0 Å². The Balaban J connectivity index is 2.19. The molecule has 1 heterocycles. The Bertz CT molecular complexity index is 319. The molecule has 2 atom stereocenters. The molecule has 0 saturated carbocycles. The van der Waals surface area contributed by atoms with Crippen LogP contribution in [0.15, 0.2) is 17.5 Å². The number of thiophene rings is 1.